The van der Waals surface area contributed by atoms with Gasteiger partial charge in [-0.25, -0.2) is 4.68 Å². The number of amides is 1. The summed E-state index contributed by atoms with van der Waals surface area (Å²) in [5.74, 6) is 1.30. The van der Waals surface area contributed by atoms with Gasteiger partial charge in [0.25, 0.3) is 11.8 Å². The number of carbonyl (C=O) groups is 1. The van der Waals surface area contributed by atoms with Crippen LogP contribution in [0.3, 0.4) is 0 Å². The summed E-state index contributed by atoms with van der Waals surface area (Å²) in [6, 6.07) is 20.0. The molecule has 2 aromatic carbocycles. The van der Waals surface area contributed by atoms with Crippen molar-refractivity contribution < 1.29 is 9.21 Å². The predicted octanol–water partition coefficient (Wildman–Crippen LogP) is 4.86. The molecule has 1 fully saturated rings. The first-order valence-electron chi connectivity index (χ1n) is 11.4. The van der Waals surface area contributed by atoms with E-state index in [0.717, 1.165) is 37.1 Å². The van der Waals surface area contributed by atoms with Crippen molar-refractivity contribution in [1.29, 1.82) is 0 Å². The highest BCUT2D eigenvalue weighted by Crippen LogP contribution is 2.42. The van der Waals surface area contributed by atoms with Crippen LogP contribution in [0.25, 0.3) is 17.3 Å². The molecule has 1 aliphatic rings. The van der Waals surface area contributed by atoms with E-state index in [-0.39, 0.29) is 11.9 Å². The number of benzene rings is 2. The number of aromatic nitrogens is 4. The average molecular weight is 442 g/mol. The summed E-state index contributed by atoms with van der Waals surface area (Å²) in [5.41, 5.74) is 4.51. The van der Waals surface area contributed by atoms with Crippen molar-refractivity contribution in [3.8, 4) is 17.3 Å². The minimum atomic E-state index is -0.0784. The molecule has 1 amide bonds. The van der Waals surface area contributed by atoms with E-state index in [1.807, 2.05) is 60.1 Å². The van der Waals surface area contributed by atoms with Gasteiger partial charge < -0.3 is 9.73 Å². The van der Waals surface area contributed by atoms with Crippen LogP contribution < -0.4 is 5.32 Å². The predicted molar refractivity (Wildman–Crippen MR) is 125 cm³/mol. The third-order valence-electron chi connectivity index (χ3n) is 5.92. The number of hydrogen-bond donors (Lipinski definition) is 1. The van der Waals surface area contributed by atoms with E-state index in [0.29, 0.717) is 29.0 Å². The maximum Gasteiger partial charge on any atom is 0.268 e. The number of hydrogen-bond acceptors (Lipinski definition) is 5. The lowest BCUT2D eigenvalue weighted by molar-refractivity contribution is 0.0938. The van der Waals surface area contributed by atoms with E-state index >= 15 is 0 Å². The SMILES string of the molecule is Cc1nnc(-c2cc(C3CC3)n(-c3cccc(C(=O)NC(C)CCc4ccccc4)c3)n2)o1. The Balaban J connectivity index is 1.32. The summed E-state index contributed by atoms with van der Waals surface area (Å²) in [6.45, 7) is 3.81. The van der Waals surface area contributed by atoms with Crippen LogP contribution >= 0.6 is 0 Å². The second kappa shape index (κ2) is 9.02. The fourth-order valence-electron chi connectivity index (χ4n) is 3.96. The molecule has 2 aromatic heterocycles. The molecule has 1 saturated carbocycles. The molecule has 0 aliphatic heterocycles. The summed E-state index contributed by atoms with van der Waals surface area (Å²) in [7, 11) is 0. The summed E-state index contributed by atoms with van der Waals surface area (Å²) >= 11 is 0. The fraction of sp³-hybridized carbons (Fsp3) is 0.308. The molecule has 0 spiro atoms. The molecule has 7 heteroatoms. The van der Waals surface area contributed by atoms with Gasteiger partial charge in [-0.3, -0.25) is 4.79 Å². The molecule has 4 aromatic rings. The van der Waals surface area contributed by atoms with Crippen molar-refractivity contribution in [2.45, 2.75) is 51.5 Å². The van der Waals surface area contributed by atoms with Gasteiger partial charge in [-0.2, -0.15) is 5.10 Å². The third kappa shape index (κ3) is 4.87. The Morgan fingerprint density at radius 2 is 1.94 bits per heavy atom. The largest absolute Gasteiger partial charge is 0.420 e. The van der Waals surface area contributed by atoms with Crippen molar-refractivity contribution in [1.82, 2.24) is 25.3 Å². The van der Waals surface area contributed by atoms with Crippen molar-refractivity contribution in [3.05, 3.63) is 83.4 Å². The van der Waals surface area contributed by atoms with Crippen molar-refractivity contribution >= 4 is 5.91 Å². The van der Waals surface area contributed by atoms with Gasteiger partial charge in [-0.15, -0.1) is 10.2 Å². The van der Waals surface area contributed by atoms with E-state index < -0.39 is 0 Å². The van der Waals surface area contributed by atoms with Gasteiger partial charge in [0.15, 0.2) is 0 Å². The van der Waals surface area contributed by atoms with E-state index in [9.17, 15) is 4.79 Å². The maximum absolute atomic E-state index is 12.9. The normalized spacial score (nSPS) is 14.2. The van der Waals surface area contributed by atoms with E-state index in [2.05, 4.69) is 27.6 Å². The highest BCUT2D eigenvalue weighted by molar-refractivity contribution is 5.94. The molecule has 5 rings (SSSR count). The van der Waals surface area contributed by atoms with Gasteiger partial charge in [0.1, 0.15) is 5.69 Å². The van der Waals surface area contributed by atoms with Crippen LogP contribution in [0.5, 0.6) is 0 Å². The van der Waals surface area contributed by atoms with Crippen LogP contribution in [0.2, 0.25) is 0 Å². The first-order valence-corrected chi connectivity index (χ1v) is 11.4. The van der Waals surface area contributed by atoms with Crippen LogP contribution in [-0.2, 0) is 6.42 Å². The highest BCUT2D eigenvalue weighted by Gasteiger charge is 2.30. The van der Waals surface area contributed by atoms with Crippen LogP contribution in [0, 0.1) is 6.92 Å². The van der Waals surface area contributed by atoms with Crippen LogP contribution in [0.4, 0.5) is 0 Å². The van der Waals surface area contributed by atoms with Crippen LogP contribution in [-0.4, -0.2) is 31.9 Å². The van der Waals surface area contributed by atoms with Gasteiger partial charge in [0.05, 0.1) is 5.69 Å². The Labute approximate surface area is 192 Å². The smallest absolute Gasteiger partial charge is 0.268 e. The maximum atomic E-state index is 12.9. The number of nitrogens with zero attached hydrogens (tertiary/aromatic N) is 4. The lowest BCUT2D eigenvalue weighted by Gasteiger charge is -2.15. The first kappa shape index (κ1) is 21.1. The van der Waals surface area contributed by atoms with Gasteiger partial charge >= 0.3 is 0 Å². The lowest BCUT2D eigenvalue weighted by atomic mass is 10.1. The molecule has 0 radical (unpaired) electrons. The second-order valence-corrected chi connectivity index (χ2v) is 8.72. The monoisotopic (exact) mass is 441 g/mol. The van der Waals surface area contributed by atoms with Crippen molar-refractivity contribution in [3.63, 3.8) is 0 Å². The van der Waals surface area contributed by atoms with Gasteiger partial charge in [-0.1, -0.05) is 36.4 Å². The topological polar surface area (TPSA) is 85.8 Å². The van der Waals surface area contributed by atoms with Crippen LogP contribution in [0.15, 0.2) is 65.1 Å². The van der Waals surface area contributed by atoms with Crippen LogP contribution in [0.1, 0.15) is 59.6 Å². The van der Waals surface area contributed by atoms with Gasteiger partial charge in [0.2, 0.25) is 5.89 Å². The van der Waals surface area contributed by atoms with Gasteiger partial charge in [-0.05, 0) is 62.4 Å². The molecular weight excluding hydrogens is 414 g/mol. The molecule has 1 atom stereocenters. The average Bonchev–Trinajstić information content (AvgIpc) is 3.43. The molecule has 0 saturated heterocycles. The van der Waals surface area contributed by atoms with E-state index in [4.69, 9.17) is 9.52 Å². The van der Waals surface area contributed by atoms with Crippen molar-refractivity contribution in [2.24, 2.45) is 0 Å². The Morgan fingerprint density at radius 1 is 1.12 bits per heavy atom. The molecule has 168 valence electrons. The zero-order valence-corrected chi connectivity index (χ0v) is 18.9. The van der Waals surface area contributed by atoms with E-state index in [1.54, 1.807) is 6.92 Å². The second-order valence-electron chi connectivity index (χ2n) is 8.72. The van der Waals surface area contributed by atoms with Gasteiger partial charge in [0, 0.05) is 30.1 Å². The molecule has 2 heterocycles. The number of rotatable bonds is 8. The minimum absolute atomic E-state index is 0.0699. The molecule has 1 unspecified atom stereocenters. The van der Waals surface area contributed by atoms with E-state index in [1.165, 1.54) is 5.56 Å². The summed E-state index contributed by atoms with van der Waals surface area (Å²) < 4.78 is 7.48. The third-order valence-corrected chi connectivity index (χ3v) is 5.92. The molecule has 7 nitrogen and oxygen atoms in total. The number of carbonyl (C=O) groups excluding carboxylic acids is 1. The molecule has 1 N–H and O–H groups in total. The zero-order valence-electron chi connectivity index (χ0n) is 18.9. The quantitative estimate of drug-likeness (QED) is 0.422. The zero-order chi connectivity index (χ0) is 22.8. The first-order chi connectivity index (χ1) is 16.1. The standard InChI is InChI=1S/C26H27N5O2/c1-17(11-12-19-7-4-3-5-8-19)27-25(32)21-9-6-10-22(15-21)31-24(20-13-14-20)16-23(30-31)26-29-28-18(2)33-26/h3-10,15-17,20H,11-14H2,1-2H3,(H,27,32). The Kier molecular flexibility index (Phi) is 5.77. The lowest BCUT2D eigenvalue weighted by Crippen LogP contribution is -2.33. The minimum Gasteiger partial charge on any atom is -0.420 e. The van der Waals surface area contributed by atoms with Crippen molar-refractivity contribution in [2.75, 3.05) is 0 Å². The fourth-order valence-corrected chi connectivity index (χ4v) is 3.96. The summed E-state index contributed by atoms with van der Waals surface area (Å²) in [6.07, 6.45) is 4.08. The molecular formula is C26H27N5O2. The molecule has 33 heavy (non-hydrogen) atoms. The highest BCUT2D eigenvalue weighted by atomic mass is 16.4. The number of nitrogens with one attached hydrogen (secondary N) is 1. The summed E-state index contributed by atoms with van der Waals surface area (Å²) in [4.78, 5) is 12.9. The Bertz CT molecular complexity index is 1260. The molecule has 1 aliphatic carbocycles. The Morgan fingerprint density at radius 3 is 2.67 bits per heavy atom. The summed E-state index contributed by atoms with van der Waals surface area (Å²) in [5, 5.41) is 15.9. The number of aryl methyl sites for hydroxylation is 2. The Hall–Kier alpha value is -3.74. The molecule has 0 bridgehead atoms.